The van der Waals surface area contributed by atoms with Gasteiger partial charge in [0, 0.05) is 0 Å². The minimum Gasteiger partial charge on any atom is -0.497 e. The molecule has 17 heavy (non-hydrogen) atoms. The largest absolute Gasteiger partial charge is 0.497 e. The summed E-state index contributed by atoms with van der Waals surface area (Å²) in [5, 5.41) is 0. The molecule has 2 aromatic rings. The van der Waals surface area contributed by atoms with Crippen LogP contribution in [-0.2, 0) is 0 Å². The second-order valence-corrected chi connectivity index (χ2v) is 3.97. The summed E-state index contributed by atoms with van der Waals surface area (Å²) < 4.78 is 5.15. The molecule has 0 N–H and O–H groups in total. The fourth-order valence-electron chi connectivity index (χ4n) is 1.74. The molecule has 2 rings (SSSR count). The standard InChI is InChI=1S/C16H16O/c1-13(12-14-6-4-3-5-7-14)15-8-10-16(17-2)11-9-15/h3-12H,1-2H3. The third-order valence-electron chi connectivity index (χ3n) is 2.73. The van der Waals surface area contributed by atoms with Crippen LogP contribution in [0.5, 0.6) is 5.75 Å². The summed E-state index contributed by atoms with van der Waals surface area (Å²) in [5.41, 5.74) is 3.69. The lowest BCUT2D eigenvalue weighted by atomic mass is 10.0. The van der Waals surface area contributed by atoms with Gasteiger partial charge in [0.05, 0.1) is 7.11 Å². The van der Waals surface area contributed by atoms with Crippen molar-refractivity contribution in [2.75, 3.05) is 7.11 Å². The van der Waals surface area contributed by atoms with Gasteiger partial charge in [-0.05, 0) is 35.8 Å². The molecule has 86 valence electrons. The maximum absolute atomic E-state index is 5.15. The SMILES string of the molecule is COc1ccc(C(C)=Cc2ccccc2)cc1. The zero-order valence-electron chi connectivity index (χ0n) is 10.2. The van der Waals surface area contributed by atoms with Crippen molar-refractivity contribution in [2.45, 2.75) is 6.92 Å². The highest BCUT2D eigenvalue weighted by Crippen LogP contribution is 2.20. The van der Waals surface area contributed by atoms with E-state index in [4.69, 9.17) is 4.74 Å². The van der Waals surface area contributed by atoms with Gasteiger partial charge in [0.2, 0.25) is 0 Å². The summed E-state index contributed by atoms with van der Waals surface area (Å²) in [7, 11) is 1.68. The van der Waals surface area contributed by atoms with Crippen molar-refractivity contribution in [1.29, 1.82) is 0 Å². The normalized spacial score (nSPS) is 11.3. The van der Waals surface area contributed by atoms with Gasteiger partial charge >= 0.3 is 0 Å². The Morgan fingerprint density at radius 2 is 1.59 bits per heavy atom. The van der Waals surface area contributed by atoms with Gasteiger partial charge in [0.25, 0.3) is 0 Å². The van der Waals surface area contributed by atoms with Gasteiger partial charge in [0.1, 0.15) is 5.75 Å². The molecule has 0 unspecified atom stereocenters. The van der Waals surface area contributed by atoms with Gasteiger partial charge in [0.15, 0.2) is 0 Å². The summed E-state index contributed by atoms with van der Waals surface area (Å²) in [6.07, 6.45) is 2.18. The maximum Gasteiger partial charge on any atom is 0.118 e. The zero-order valence-corrected chi connectivity index (χ0v) is 10.2. The minimum atomic E-state index is 0.890. The molecule has 0 aliphatic rings. The van der Waals surface area contributed by atoms with E-state index in [9.17, 15) is 0 Å². The molecule has 0 radical (unpaired) electrons. The van der Waals surface area contributed by atoms with Crippen molar-refractivity contribution in [3.05, 3.63) is 65.7 Å². The first kappa shape index (κ1) is 11.5. The lowest BCUT2D eigenvalue weighted by Crippen LogP contribution is -1.84. The topological polar surface area (TPSA) is 9.23 Å². The van der Waals surface area contributed by atoms with E-state index >= 15 is 0 Å². The first-order valence-corrected chi connectivity index (χ1v) is 5.67. The van der Waals surface area contributed by atoms with Gasteiger partial charge in [-0.25, -0.2) is 0 Å². The van der Waals surface area contributed by atoms with Crippen LogP contribution in [0.15, 0.2) is 54.6 Å². The van der Waals surface area contributed by atoms with Crippen LogP contribution in [0, 0.1) is 0 Å². The third-order valence-corrected chi connectivity index (χ3v) is 2.73. The molecular formula is C16H16O. The second-order valence-electron chi connectivity index (χ2n) is 3.97. The van der Waals surface area contributed by atoms with Crippen molar-refractivity contribution in [2.24, 2.45) is 0 Å². The Morgan fingerprint density at radius 1 is 0.941 bits per heavy atom. The number of allylic oxidation sites excluding steroid dienone is 1. The van der Waals surface area contributed by atoms with Crippen LogP contribution >= 0.6 is 0 Å². The van der Waals surface area contributed by atoms with E-state index in [1.165, 1.54) is 16.7 Å². The summed E-state index contributed by atoms with van der Waals surface area (Å²) >= 11 is 0. The Bertz CT molecular complexity index is 495. The van der Waals surface area contributed by atoms with Crippen molar-refractivity contribution in [1.82, 2.24) is 0 Å². The van der Waals surface area contributed by atoms with E-state index in [0.29, 0.717) is 0 Å². The molecule has 0 spiro atoms. The number of benzene rings is 2. The first-order chi connectivity index (χ1) is 8.29. The van der Waals surface area contributed by atoms with Crippen LogP contribution in [0.3, 0.4) is 0 Å². The van der Waals surface area contributed by atoms with Crippen molar-refractivity contribution in [3.63, 3.8) is 0 Å². The molecule has 0 saturated heterocycles. The molecule has 0 heterocycles. The Labute approximate surface area is 102 Å². The monoisotopic (exact) mass is 224 g/mol. The third kappa shape index (κ3) is 2.97. The zero-order chi connectivity index (χ0) is 12.1. The molecule has 0 bridgehead atoms. The summed E-state index contributed by atoms with van der Waals surface area (Å²) in [5.74, 6) is 0.890. The van der Waals surface area contributed by atoms with Gasteiger partial charge in [-0.2, -0.15) is 0 Å². The average Bonchev–Trinajstić information content (AvgIpc) is 2.40. The van der Waals surface area contributed by atoms with Gasteiger partial charge in [-0.3, -0.25) is 0 Å². The molecule has 2 aromatic carbocycles. The second kappa shape index (κ2) is 5.35. The van der Waals surface area contributed by atoms with Crippen LogP contribution in [-0.4, -0.2) is 7.11 Å². The molecule has 0 atom stereocenters. The maximum atomic E-state index is 5.15. The number of methoxy groups -OCH3 is 1. The van der Waals surface area contributed by atoms with Gasteiger partial charge in [-0.15, -0.1) is 0 Å². The highest BCUT2D eigenvalue weighted by molar-refractivity contribution is 5.80. The number of rotatable bonds is 3. The Kier molecular flexibility index (Phi) is 3.61. The van der Waals surface area contributed by atoms with Gasteiger partial charge < -0.3 is 4.74 Å². The molecular weight excluding hydrogens is 208 g/mol. The van der Waals surface area contributed by atoms with Crippen LogP contribution < -0.4 is 4.74 Å². The molecule has 1 nitrogen and oxygen atoms in total. The number of hydrogen-bond acceptors (Lipinski definition) is 1. The van der Waals surface area contributed by atoms with E-state index in [2.05, 4.69) is 37.3 Å². The van der Waals surface area contributed by atoms with E-state index in [-0.39, 0.29) is 0 Å². The minimum absolute atomic E-state index is 0.890. The first-order valence-electron chi connectivity index (χ1n) is 5.67. The Morgan fingerprint density at radius 3 is 2.18 bits per heavy atom. The average molecular weight is 224 g/mol. The fraction of sp³-hybridized carbons (Fsp3) is 0.125. The van der Waals surface area contributed by atoms with E-state index in [1.54, 1.807) is 7.11 Å². The summed E-state index contributed by atoms with van der Waals surface area (Å²) in [4.78, 5) is 0. The summed E-state index contributed by atoms with van der Waals surface area (Å²) in [6.45, 7) is 2.12. The Hall–Kier alpha value is -2.02. The van der Waals surface area contributed by atoms with E-state index in [0.717, 1.165) is 5.75 Å². The summed E-state index contributed by atoms with van der Waals surface area (Å²) in [6, 6.07) is 18.5. The highest BCUT2D eigenvalue weighted by Gasteiger charge is 1.96. The predicted octanol–water partition coefficient (Wildman–Crippen LogP) is 4.26. The van der Waals surface area contributed by atoms with Crippen LogP contribution in [0.2, 0.25) is 0 Å². The molecule has 0 aliphatic carbocycles. The molecule has 0 saturated carbocycles. The number of hydrogen-bond donors (Lipinski definition) is 0. The molecule has 0 aromatic heterocycles. The van der Waals surface area contributed by atoms with Crippen molar-refractivity contribution < 1.29 is 4.74 Å². The molecule has 0 aliphatic heterocycles. The quantitative estimate of drug-likeness (QED) is 0.708. The van der Waals surface area contributed by atoms with Crippen molar-refractivity contribution in [3.8, 4) is 5.75 Å². The fourth-order valence-corrected chi connectivity index (χ4v) is 1.74. The van der Waals surface area contributed by atoms with Crippen LogP contribution in [0.4, 0.5) is 0 Å². The lowest BCUT2D eigenvalue weighted by molar-refractivity contribution is 0.415. The predicted molar refractivity (Wildman–Crippen MR) is 73.0 cm³/mol. The van der Waals surface area contributed by atoms with Crippen LogP contribution in [0.1, 0.15) is 18.1 Å². The number of ether oxygens (including phenoxy) is 1. The van der Waals surface area contributed by atoms with Crippen LogP contribution in [0.25, 0.3) is 11.6 Å². The van der Waals surface area contributed by atoms with Crippen molar-refractivity contribution >= 4 is 11.6 Å². The molecule has 0 amide bonds. The lowest BCUT2D eigenvalue weighted by Gasteiger charge is -2.04. The Balaban J connectivity index is 2.24. The molecule has 1 heteroatoms. The van der Waals surface area contributed by atoms with Gasteiger partial charge in [-0.1, -0.05) is 48.5 Å². The molecule has 0 fully saturated rings. The van der Waals surface area contributed by atoms with E-state index in [1.807, 2.05) is 30.3 Å². The van der Waals surface area contributed by atoms with E-state index < -0.39 is 0 Å². The highest BCUT2D eigenvalue weighted by atomic mass is 16.5. The smallest absolute Gasteiger partial charge is 0.118 e.